The molecule has 0 amide bonds. The number of hydrogen-bond acceptors (Lipinski definition) is 0. The highest BCUT2D eigenvalue weighted by atomic mass is 19.2. The minimum absolute atomic E-state index is 0.0512. The Kier molecular flexibility index (Phi) is 8.20. The van der Waals surface area contributed by atoms with Gasteiger partial charge in [0.05, 0.1) is 5.56 Å². The third kappa shape index (κ3) is 6.02. The molecule has 30 heavy (non-hydrogen) atoms. The Morgan fingerprint density at radius 1 is 0.900 bits per heavy atom. The van der Waals surface area contributed by atoms with Crippen molar-refractivity contribution < 1.29 is 13.2 Å². The maximum absolute atomic E-state index is 14.6. The first-order chi connectivity index (χ1) is 14.6. The van der Waals surface area contributed by atoms with Crippen molar-refractivity contribution in [2.75, 3.05) is 0 Å². The van der Waals surface area contributed by atoms with Crippen LogP contribution in [0.3, 0.4) is 0 Å². The Bertz CT molecular complexity index is 908. The van der Waals surface area contributed by atoms with Gasteiger partial charge in [-0.05, 0) is 73.8 Å². The molecule has 2 aromatic rings. The molecule has 3 rings (SSSR count). The fraction of sp³-hybridized carbons (Fsp3) is 0.407. The Morgan fingerprint density at radius 2 is 1.63 bits per heavy atom. The number of halogens is 3. The van der Waals surface area contributed by atoms with Gasteiger partial charge in [-0.3, -0.25) is 0 Å². The zero-order chi connectivity index (χ0) is 21.3. The average molecular weight is 411 g/mol. The van der Waals surface area contributed by atoms with Crippen molar-refractivity contribution in [2.24, 2.45) is 0 Å². The topological polar surface area (TPSA) is 0 Å². The monoisotopic (exact) mass is 410 g/mol. The largest absolute Gasteiger partial charge is 0.247 e. The molecule has 1 saturated carbocycles. The highest BCUT2D eigenvalue weighted by Gasteiger charge is 2.25. The van der Waals surface area contributed by atoms with E-state index in [0.717, 1.165) is 17.5 Å². The molecule has 158 valence electrons. The summed E-state index contributed by atoms with van der Waals surface area (Å²) in [6.45, 7) is 2.19. The number of benzene rings is 2. The summed E-state index contributed by atoms with van der Waals surface area (Å²) in [4.78, 5) is 0. The molecule has 3 heteroatoms. The van der Waals surface area contributed by atoms with Gasteiger partial charge < -0.3 is 0 Å². The van der Waals surface area contributed by atoms with Gasteiger partial charge in [0.25, 0.3) is 0 Å². The molecule has 2 aromatic carbocycles. The molecule has 0 N–H and O–H groups in total. The molecule has 1 fully saturated rings. The molecule has 0 atom stereocenters. The number of allylic oxidation sites excluding steroid dienone is 1. The Labute approximate surface area is 178 Å². The van der Waals surface area contributed by atoms with E-state index in [1.54, 1.807) is 6.07 Å². The highest BCUT2D eigenvalue weighted by Crippen LogP contribution is 2.36. The quantitative estimate of drug-likeness (QED) is 0.335. The lowest BCUT2D eigenvalue weighted by atomic mass is 9.82. The third-order valence-corrected chi connectivity index (χ3v) is 5.75. The van der Waals surface area contributed by atoms with Gasteiger partial charge in [-0.1, -0.05) is 62.0 Å². The van der Waals surface area contributed by atoms with Crippen LogP contribution in [-0.2, 0) is 0 Å². The highest BCUT2D eigenvalue weighted by molar-refractivity contribution is 5.52. The van der Waals surface area contributed by atoms with E-state index in [0.29, 0.717) is 31.2 Å². The van der Waals surface area contributed by atoms with Crippen LogP contribution in [0, 0.1) is 23.5 Å². The van der Waals surface area contributed by atoms with Gasteiger partial charge in [0.15, 0.2) is 11.6 Å². The van der Waals surface area contributed by atoms with Crippen LogP contribution < -0.4 is 0 Å². The first-order valence-corrected chi connectivity index (χ1v) is 11.0. The molecule has 0 radical (unpaired) electrons. The number of alkyl halides is 1. The maximum atomic E-state index is 14.6. The second kappa shape index (κ2) is 11.1. The number of rotatable bonds is 6. The van der Waals surface area contributed by atoms with Crippen LogP contribution >= 0.6 is 0 Å². The van der Waals surface area contributed by atoms with Crippen LogP contribution in [0.2, 0.25) is 0 Å². The summed E-state index contributed by atoms with van der Waals surface area (Å²) < 4.78 is 42.4. The second-order valence-corrected chi connectivity index (χ2v) is 8.05. The standard InChI is InChI=1S/C27H29F3/c1-2-3-4-5-6-7-20-8-10-21(11-9-20)12-13-23-16-19-25(27(30)26(23)29)22-14-17-24(28)18-15-22/h6-11,16,19,22,24H,2-5,14-15,17-18H2,1H3/b7-6+. The molecule has 0 heterocycles. The molecule has 1 aliphatic carbocycles. The van der Waals surface area contributed by atoms with Crippen LogP contribution in [0.1, 0.15) is 86.5 Å². The zero-order valence-electron chi connectivity index (χ0n) is 17.6. The van der Waals surface area contributed by atoms with Crippen molar-refractivity contribution in [2.45, 2.75) is 70.4 Å². The van der Waals surface area contributed by atoms with Crippen LogP contribution in [0.4, 0.5) is 13.2 Å². The average Bonchev–Trinajstić information content (AvgIpc) is 2.76. The summed E-state index contributed by atoms with van der Waals surface area (Å²) in [7, 11) is 0. The van der Waals surface area contributed by atoms with Crippen molar-refractivity contribution in [3.8, 4) is 11.8 Å². The molecule has 1 aliphatic rings. The molecule has 0 saturated heterocycles. The summed E-state index contributed by atoms with van der Waals surface area (Å²) in [5, 5.41) is 0. The van der Waals surface area contributed by atoms with Gasteiger partial charge in [-0.25, -0.2) is 13.2 Å². The van der Waals surface area contributed by atoms with Gasteiger partial charge >= 0.3 is 0 Å². The normalized spacial score (nSPS) is 18.9. The first-order valence-electron chi connectivity index (χ1n) is 11.0. The first kappa shape index (κ1) is 22.2. The molecule has 0 aromatic heterocycles. The smallest absolute Gasteiger partial charge is 0.174 e. The Hall–Kier alpha value is -2.47. The van der Waals surface area contributed by atoms with Crippen molar-refractivity contribution in [3.05, 3.63) is 76.4 Å². The van der Waals surface area contributed by atoms with Crippen molar-refractivity contribution in [1.29, 1.82) is 0 Å². The minimum atomic E-state index is -0.908. The van der Waals surface area contributed by atoms with Crippen molar-refractivity contribution in [3.63, 3.8) is 0 Å². The van der Waals surface area contributed by atoms with Crippen LogP contribution in [0.25, 0.3) is 6.08 Å². The van der Waals surface area contributed by atoms with E-state index in [-0.39, 0.29) is 11.5 Å². The van der Waals surface area contributed by atoms with E-state index < -0.39 is 17.8 Å². The molecule has 0 spiro atoms. The number of hydrogen-bond donors (Lipinski definition) is 0. The minimum Gasteiger partial charge on any atom is -0.247 e. The van der Waals surface area contributed by atoms with Crippen LogP contribution in [-0.4, -0.2) is 6.17 Å². The molecule has 0 nitrogen and oxygen atoms in total. The maximum Gasteiger partial charge on any atom is 0.174 e. The van der Waals surface area contributed by atoms with Crippen LogP contribution in [0.5, 0.6) is 0 Å². The van der Waals surface area contributed by atoms with Crippen molar-refractivity contribution in [1.82, 2.24) is 0 Å². The van der Waals surface area contributed by atoms with E-state index in [2.05, 4.69) is 30.9 Å². The van der Waals surface area contributed by atoms with Gasteiger partial charge in [0, 0.05) is 5.56 Å². The molecular formula is C27H29F3. The summed E-state index contributed by atoms with van der Waals surface area (Å²) in [5.74, 6) is 3.80. The Balaban J connectivity index is 1.66. The van der Waals surface area contributed by atoms with E-state index in [1.807, 2.05) is 24.3 Å². The van der Waals surface area contributed by atoms with E-state index in [9.17, 15) is 13.2 Å². The zero-order valence-corrected chi connectivity index (χ0v) is 17.6. The van der Waals surface area contributed by atoms with Crippen LogP contribution in [0.15, 0.2) is 42.5 Å². The molecule has 0 unspecified atom stereocenters. The number of unbranched alkanes of at least 4 members (excludes halogenated alkanes) is 3. The molecule has 0 bridgehead atoms. The van der Waals surface area contributed by atoms with Crippen molar-refractivity contribution >= 4 is 6.08 Å². The fourth-order valence-corrected chi connectivity index (χ4v) is 3.89. The summed E-state index contributed by atoms with van der Waals surface area (Å²) in [5.41, 5.74) is 2.25. The van der Waals surface area contributed by atoms with Gasteiger partial charge in [0.1, 0.15) is 6.17 Å². The predicted octanol–water partition coefficient (Wildman–Crippen LogP) is 7.95. The fourth-order valence-electron chi connectivity index (χ4n) is 3.89. The summed E-state index contributed by atoms with van der Waals surface area (Å²) in [6.07, 6.45) is 10.1. The van der Waals surface area contributed by atoms with Gasteiger partial charge in [0.2, 0.25) is 0 Å². The SMILES string of the molecule is CCCCC/C=C/c1ccc(C#Cc2ccc(C3CCC(F)CC3)c(F)c2F)cc1. The van der Waals surface area contributed by atoms with Gasteiger partial charge in [-0.15, -0.1) is 0 Å². The Morgan fingerprint density at radius 3 is 2.33 bits per heavy atom. The van der Waals surface area contributed by atoms with Gasteiger partial charge in [-0.2, -0.15) is 0 Å². The lowest BCUT2D eigenvalue weighted by molar-refractivity contribution is 0.233. The summed E-state index contributed by atoms with van der Waals surface area (Å²) >= 11 is 0. The lowest BCUT2D eigenvalue weighted by Gasteiger charge is -2.25. The van der Waals surface area contributed by atoms with E-state index in [1.165, 1.54) is 25.3 Å². The predicted molar refractivity (Wildman–Crippen MR) is 118 cm³/mol. The van der Waals surface area contributed by atoms with E-state index >= 15 is 0 Å². The molecular weight excluding hydrogens is 381 g/mol. The lowest BCUT2D eigenvalue weighted by Crippen LogP contribution is -2.15. The second-order valence-electron chi connectivity index (χ2n) is 8.05. The molecule has 0 aliphatic heterocycles. The third-order valence-electron chi connectivity index (χ3n) is 5.75. The van der Waals surface area contributed by atoms with E-state index in [4.69, 9.17) is 0 Å². The summed E-state index contributed by atoms with van der Waals surface area (Å²) in [6, 6.07) is 10.9.